The molecule has 8 nitrogen and oxygen atoms in total. The Kier molecular flexibility index (Phi) is 4.60. The Morgan fingerprint density at radius 3 is 2.42 bits per heavy atom. The normalized spacial score (nSPS) is 21.7. The molecular weight excluding hydrogens is 336 g/mol. The minimum Gasteiger partial charge on any atom is -0.350 e. The third-order valence-corrected chi connectivity index (χ3v) is 6.54. The first-order valence-corrected chi connectivity index (χ1v) is 9.31. The zero-order valence-corrected chi connectivity index (χ0v) is 14.3. The fraction of sp³-hybridized carbons (Fsp3) is 0.600. The van der Waals surface area contributed by atoms with Gasteiger partial charge in [0.15, 0.2) is 5.79 Å². The van der Waals surface area contributed by atoms with Crippen LogP contribution in [-0.2, 0) is 19.5 Å². The van der Waals surface area contributed by atoms with Crippen molar-refractivity contribution in [2.45, 2.75) is 36.9 Å². The van der Waals surface area contributed by atoms with Gasteiger partial charge in [-0.25, -0.2) is 8.42 Å². The quantitative estimate of drug-likeness (QED) is 0.605. The van der Waals surface area contributed by atoms with Gasteiger partial charge in [0.25, 0.3) is 5.69 Å². The number of ether oxygens (including phenoxy) is 2. The van der Waals surface area contributed by atoms with Gasteiger partial charge in [-0.1, -0.05) is 6.07 Å². The van der Waals surface area contributed by atoms with Gasteiger partial charge in [-0.3, -0.25) is 10.1 Å². The van der Waals surface area contributed by atoms with Gasteiger partial charge >= 0.3 is 0 Å². The summed E-state index contributed by atoms with van der Waals surface area (Å²) in [5, 5.41) is 10.9. The van der Waals surface area contributed by atoms with E-state index in [1.807, 2.05) is 0 Å². The molecule has 0 saturated carbocycles. The maximum atomic E-state index is 12.9. The Hall–Kier alpha value is -1.55. The summed E-state index contributed by atoms with van der Waals surface area (Å²) in [7, 11) is -3.79. The van der Waals surface area contributed by atoms with E-state index >= 15 is 0 Å². The average Bonchev–Trinajstić information content (AvgIpc) is 2.56. The monoisotopic (exact) mass is 356 g/mol. The van der Waals surface area contributed by atoms with Crippen LogP contribution in [0.4, 0.5) is 5.69 Å². The highest BCUT2D eigenvalue weighted by atomic mass is 32.2. The molecule has 2 aliphatic rings. The lowest BCUT2D eigenvalue weighted by molar-refractivity contribution is -0.385. The van der Waals surface area contributed by atoms with Crippen LogP contribution in [0.1, 0.15) is 24.8 Å². The third kappa shape index (κ3) is 3.16. The predicted molar refractivity (Wildman–Crippen MR) is 85.1 cm³/mol. The lowest BCUT2D eigenvalue weighted by atomic mass is 10.0. The number of nitrogens with zero attached hydrogens (tertiary/aromatic N) is 2. The molecule has 2 aliphatic heterocycles. The Labute approximate surface area is 140 Å². The minimum atomic E-state index is -3.79. The van der Waals surface area contributed by atoms with Gasteiger partial charge in [0.05, 0.1) is 23.0 Å². The molecular formula is C15H20N2O6S. The maximum Gasteiger partial charge on any atom is 0.270 e. The Morgan fingerprint density at radius 1 is 1.21 bits per heavy atom. The van der Waals surface area contributed by atoms with E-state index in [9.17, 15) is 18.5 Å². The molecule has 0 atom stereocenters. The summed E-state index contributed by atoms with van der Waals surface area (Å²) in [6.45, 7) is 3.41. The van der Waals surface area contributed by atoms with E-state index in [1.54, 1.807) is 6.92 Å². The van der Waals surface area contributed by atoms with Crippen molar-refractivity contribution in [3.8, 4) is 0 Å². The standard InChI is InChI=1S/C15H20N2O6S/c1-12-3-4-13(17(18)19)11-14(12)24(20,21)16-7-5-15(6-8-16)22-9-2-10-23-15/h3-4,11H,2,5-10H2,1H3. The molecule has 0 aromatic heterocycles. The molecule has 1 aromatic carbocycles. The topological polar surface area (TPSA) is 99.0 Å². The highest BCUT2D eigenvalue weighted by Gasteiger charge is 2.42. The van der Waals surface area contributed by atoms with E-state index in [0.29, 0.717) is 31.6 Å². The van der Waals surface area contributed by atoms with Crippen molar-refractivity contribution in [1.29, 1.82) is 0 Å². The first-order valence-electron chi connectivity index (χ1n) is 7.87. The van der Waals surface area contributed by atoms with E-state index in [4.69, 9.17) is 9.47 Å². The number of piperidine rings is 1. The highest BCUT2D eigenvalue weighted by molar-refractivity contribution is 7.89. The summed E-state index contributed by atoms with van der Waals surface area (Å²) < 4.78 is 38.5. The van der Waals surface area contributed by atoms with Crippen LogP contribution in [0.25, 0.3) is 0 Å². The number of hydrogen-bond donors (Lipinski definition) is 0. The Bertz CT molecular complexity index is 732. The Balaban J connectivity index is 1.82. The fourth-order valence-corrected chi connectivity index (χ4v) is 4.78. The molecule has 1 spiro atoms. The molecule has 0 unspecified atom stereocenters. The van der Waals surface area contributed by atoms with Crippen LogP contribution >= 0.6 is 0 Å². The minimum absolute atomic E-state index is 0.0156. The second-order valence-electron chi connectivity index (χ2n) is 6.07. The Morgan fingerprint density at radius 2 is 1.83 bits per heavy atom. The van der Waals surface area contributed by atoms with Crippen LogP contribution in [0.3, 0.4) is 0 Å². The molecule has 0 bridgehead atoms. The zero-order chi connectivity index (χ0) is 17.4. The molecule has 1 aromatic rings. The van der Waals surface area contributed by atoms with Crippen molar-refractivity contribution >= 4 is 15.7 Å². The molecule has 0 radical (unpaired) electrons. The summed E-state index contributed by atoms with van der Waals surface area (Å²) in [4.78, 5) is 10.3. The molecule has 2 saturated heterocycles. The summed E-state index contributed by atoms with van der Waals surface area (Å²) >= 11 is 0. The molecule has 24 heavy (non-hydrogen) atoms. The number of rotatable bonds is 3. The van der Waals surface area contributed by atoms with Crippen molar-refractivity contribution < 1.29 is 22.8 Å². The van der Waals surface area contributed by atoms with Gasteiger partial charge in [-0.15, -0.1) is 0 Å². The van der Waals surface area contributed by atoms with E-state index < -0.39 is 20.7 Å². The number of benzene rings is 1. The smallest absolute Gasteiger partial charge is 0.270 e. The number of nitro benzene ring substituents is 1. The van der Waals surface area contributed by atoms with Crippen LogP contribution in [0.5, 0.6) is 0 Å². The predicted octanol–water partition coefficient (Wildman–Crippen LogP) is 1.82. The van der Waals surface area contributed by atoms with Crippen LogP contribution in [0.2, 0.25) is 0 Å². The van der Waals surface area contributed by atoms with Crippen LogP contribution in [0, 0.1) is 17.0 Å². The third-order valence-electron chi connectivity index (χ3n) is 4.50. The lowest BCUT2D eigenvalue weighted by Gasteiger charge is -2.42. The lowest BCUT2D eigenvalue weighted by Crippen LogP contribution is -2.51. The van der Waals surface area contributed by atoms with E-state index in [1.165, 1.54) is 16.4 Å². The van der Waals surface area contributed by atoms with E-state index in [2.05, 4.69) is 0 Å². The van der Waals surface area contributed by atoms with Crippen molar-refractivity contribution in [3.05, 3.63) is 33.9 Å². The summed E-state index contributed by atoms with van der Waals surface area (Å²) in [5.74, 6) is -0.679. The number of non-ortho nitro benzene ring substituents is 1. The SMILES string of the molecule is Cc1ccc([N+](=O)[O-])cc1S(=O)(=O)N1CCC2(CC1)OCCCO2. The van der Waals surface area contributed by atoms with Gasteiger partial charge < -0.3 is 9.47 Å². The second-order valence-corrected chi connectivity index (χ2v) is 7.98. The van der Waals surface area contributed by atoms with Gasteiger partial charge in [0.1, 0.15) is 0 Å². The molecule has 0 aliphatic carbocycles. The van der Waals surface area contributed by atoms with Crippen LogP contribution in [0.15, 0.2) is 23.1 Å². The van der Waals surface area contributed by atoms with Crippen LogP contribution in [-0.4, -0.2) is 49.7 Å². The van der Waals surface area contributed by atoms with E-state index in [-0.39, 0.29) is 23.7 Å². The van der Waals surface area contributed by atoms with Crippen LogP contribution < -0.4 is 0 Å². The van der Waals surface area contributed by atoms with Crippen molar-refractivity contribution in [1.82, 2.24) is 4.31 Å². The van der Waals surface area contributed by atoms with Crippen molar-refractivity contribution in [2.75, 3.05) is 26.3 Å². The van der Waals surface area contributed by atoms with Gasteiger partial charge in [-0.05, 0) is 18.9 Å². The summed E-state index contributed by atoms with van der Waals surface area (Å²) in [5.41, 5.74) is 0.262. The maximum absolute atomic E-state index is 12.9. The van der Waals surface area contributed by atoms with Gasteiger partial charge in [0, 0.05) is 38.1 Å². The summed E-state index contributed by atoms with van der Waals surface area (Å²) in [6, 6.07) is 3.90. The number of aryl methyl sites for hydroxylation is 1. The van der Waals surface area contributed by atoms with Gasteiger partial charge in [-0.2, -0.15) is 4.31 Å². The first kappa shape index (κ1) is 17.3. The average molecular weight is 356 g/mol. The van der Waals surface area contributed by atoms with E-state index in [0.717, 1.165) is 12.5 Å². The first-order chi connectivity index (χ1) is 11.3. The zero-order valence-electron chi connectivity index (χ0n) is 13.4. The molecule has 2 fully saturated rings. The van der Waals surface area contributed by atoms with Crippen molar-refractivity contribution in [3.63, 3.8) is 0 Å². The molecule has 2 heterocycles. The molecule has 3 rings (SSSR count). The fourth-order valence-electron chi connectivity index (χ4n) is 3.09. The molecule has 0 N–H and O–H groups in total. The number of nitro groups is 1. The molecule has 0 amide bonds. The molecule has 132 valence electrons. The largest absolute Gasteiger partial charge is 0.350 e. The second kappa shape index (κ2) is 6.40. The highest BCUT2D eigenvalue weighted by Crippen LogP contribution is 2.34. The van der Waals surface area contributed by atoms with Gasteiger partial charge in [0.2, 0.25) is 10.0 Å². The molecule has 9 heteroatoms. The number of hydrogen-bond acceptors (Lipinski definition) is 6. The summed E-state index contributed by atoms with van der Waals surface area (Å²) in [6.07, 6.45) is 1.76. The number of sulfonamides is 1. The van der Waals surface area contributed by atoms with Crippen molar-refractivity contribution in [2.24, 2.45) is 0 Å².